The Morgan fingerprint density at radius 1 is 1.03 bits per heavy atom. The number of imidazole rings is 1. The Bertz CT molecular complexity index is 1360. The number of amides is 1. The average molecular weight is 470 g/mol. The number of fused-ring (bicyclic) bond motifs is 1. The van der Waals surface area contributed by atoms with E-state index < -0.39 is 0 Å². The minimum absolute atomic E-state index is 0.0295. The lowest BCUT2D eigenvalue weighted by molar-refractivity contribution is -0.121. The van der Waals surface area contributed by atoms with Gasteiger partial charge in [0.15, 0.2) is 5.78 Å². The van der Waals surface area contributed by atoms with Gasteiger partial charge < -0.3 is 14.5 Å². The number of aryl methyl sites for hydroxylation is 1. The van der Waals surface area contributed by atoms with Gasteiger partial charge in [0.1, 0.15) is 11.4 Å². The summed E-state index contributed by atoms with van der Waals surface area (Å²) in [5.41, 5.74) is 6.26. The third-order valence-corrected chi connectivity index (χ3v) is 6.29. The van der Waals surface area contributed by atoms with Gasteiger partial charge in [-0.3, -0.25) is 9.59 Å². The number of ether oxygens (including phenoxy) is 1. The number of aromatic nitrogens is 2. The van der Waals surface area contributed by atoms with Crippen LogP contribution in [0.25, 0.3) is 28.0 Å². The first-order valence-corrected chi connectivity index (χ1v) is 12.0. The van der Waals surface area contributed by atoms with Crippen molar-refractivity contribution in [3.8, 4) is 28.1 Å². The summed E-state index contributed by atoms with van der Waals surface area (Å²) in [5.74, 6) is 0.829. The number of hydrogen-bond donors (Lipinski definition) is 1. The molecule has 35 heavy (non-hydrogen) atoms. The van der Waals surface area contributed by atoms with E-state index in [4.69, 9.17) is 9.72 Å². The highest BCUT2D eigenvalue weighted by Gasteiger charge is 2.17. The zero-order valence-electron chi connectivity index (χ0n) is 20.7. The first kappa shape index (κ1) is 24.2. The van der Waals surface area contributed by atoms with Crippen LogP contribution in [-0.4, -0.2) is 34.2 Å². The summed E-state index contributed by atoms with van der Waals surface area (Å²) >= 11 is 0. The predicted molar refractivity (Wildman–Crippen MR) is 139 cm³/mol. The van der Waals surface area contributed by atoms with E-state index in [0.29, 0.717) is 18.4 Å². The molecule has 0 aliphatic carbocycles. The molecule has 0 bridgehead atoms. The van der Waals surface area contributed by atoms with Crippen molar-refractivity contribution in [3.05, 3.63) is 78.1 Å². The van der Waals surface area contributed by atoms with Gasteiger partial charge in [-0.05, 0) is 62.1 Å². The van der Waals surface area contributed by atoms with Crippen LogP contribution in [0.1, 0.15) is 49.7 Å². The first-order chi connectivity index (χ1) is 16.9. The van der Waals surface area contributed by atoms with Crippen LogP contribution in [0.3, 0.4) is 0 Å². The molecule has 0 radical (unpaired) electrons. The number of carbonyl (C=O) groups is 2. The number of methoxy groups -OCH3 is 1. The number of rotatable bonds is 9. The van der Waals surface area contributed by atoms with Gasteiger partial charge in [-0.15, -0.1) is 0 Å². The van der Waals surface area contributed by atoms with E-state index in [1.807, 2.05) is 67.6 Å². The molecule has 180 valence electrons. The van der Waals surface area contributed by atoms with Gasteiger partial charge in [0.05, 0.1) is 18.5 Å². The lowest BCUT2D eigenvalue weighted by Gasteiger charge is -2.12. The molecule has 0 spiro atoms. The maximum Gasteiger partial charge on any atom is 0.220 e. The Morgan fingerprint density at radius 3 is 2.46 bits per heavy atom. The summed E-state index contributed by atoms with van der Waals surface area (Å²) in [6.45, 7) is 5.63. The second-order valence-corrected chi connectivity index (χ2v) is 8.80. The maximum atomic E-state index is 12.6. The van der Waals surface area contributed by atoms with E-state index in [0.717, 1.165) is 45.9 Å². The molecule has 6 nitrogen and oxygen atoms in total. The third kappa shape index (κ3) is 5.43. The van der Waals surface area contributed by atoms with Crippen LogP contribution in [0.4, 0.5) is 0 Å². The second-order valence-electron chi connectivity index (χ2n) is 8.80. The smallest absolute Gasteiger partial charge is 0.220 e. The van der Waals surface area contributed by atoms with Gasteiger partial charge in [-0.1, -0.05) is 43.3 Å². The Balaban J connectivity index is 1.76. The second kappa shape index (κ2) is 10.6. The van der Waals surface area contributed by atoms with Crippen molar-refractivity contribution in [3.63, 3.8) is 0 Å². The fourth-order valence-corrected chi connectivity index (χ4v) is 4.08. The first-order valence-electron chi connectivity index (χ1n) is 12.0. The lowest BCUT2D eigenvalue weighted by atomic mass is 10.0. The zero-order chi connectivity index (χ0) is 24.9. The molecule has 0 aliphatic heterocycles. The summed E-state index contributed by atoms with van der Waals surface area (Å²) in [6.07, 6.45) is 3.86. The highest BCUT2D eigenvalue weighted by atomic mass is 16.5. The zero-order valence-corrected chi connectivity index (χ0v) is 20.7. The molecule has 0 aliphatic rings. The standard InChI is InChI=1S/C29H31N3O3/c1-5-19(2)30-28(34)16-14-26-29(23-7-6-8-25(17-23)35-4)31-27-15-13-24(18-32(26)27)22-11-9-21(10-12-22)20(3)33/h6-13,15,17-19H,5,14,16H2,1-4H3,(H,30,34). The van der Waals surface area contributed by atoms with Crippen LogP contribution < -0.4 is 10.1 Å². The van der Waals surface area contributed by atoms with E-state index in [-0.39, 0.29) is 17.7 Å². The quantitative estimate of drug-likeness (QED) is 0.318. The molecule has 1 unspecified atom stereocenters. The van der Waals surface area contributed by atoms with Gasteiger partial charge in [-0.25, -0.2) is 4.98 Å². The molecule has 4 rings (SSSR count). The summed E-state index contributed by atoms with van der Waals surface area (Å²) in [6, 6.07) is 19.6. The highest BCUT2D eigenvalue weighted by molar-refractivity contribution is 5.94. The van der Waals surface area contributed by atoms with Crippen molar-refractivity contribution in [2.75, 3.05) is 7.11 Å². The summed E-state index contributed by atoms with van der Waals surface area (Å²) < 4.78 is 7.49. The average Bonchev–Trinajstić information content (AvgIpc) is 3.25. The number of nitrogens with zero attached hydrogens (tertiary/aromatic N) is 2. The van der Waals surface area contributed by atoms with Crippen LogP contribution in [-0.2, 0) is 11.2 Å². The molecule has 2 aromatic carbocycles. The Labute approximate surface area is 206 Å². The van der Waals surface area contributed by atoms with Crippen LogP contribution in [0, 0.1) is 0 Å². The fraction of sp³-hybridized carbons (Fsp3) is 0.276. The third-order valence-electron chi connectivity index (χ3n) is 6.29. The van der Waals surface area contributed by atoms with E-state index in [1.165, 1.54) is 0 Å². The minimum atomic E-state index is 0.0295. The Hall–Kier alpha value is -3.93. The molecule has 1 amide bonds. The molecular formula is C29H31N3O3. The lowest BCUT2D eigenvalue weighted by Crippen LogP contribution is -2.32. The number of Topliss-reactive ketones (excluding diaryl/α,β-unsaturated/α-hetero) is 1. The molecule has 0 saturated heterocycles. The van der Waals surface area contributed by atoms with E-state index in [1.54, 1.807) is 14.0 Å². The number of benzene rings is 2. The van der Waals surface area contributed by atoms with Crippen LogP contribution >= 0.6 is 0 Å². The van der Waals surface area contributed by atoms with Crippen molar-refractivity contribution >= 4 is 17.3 Å². The number of ketones is 1. The van der Waals surface area contributed by atoms with E-state index >= 15 is 0 Å². The van der Waals surface area contributed by atoms with E-state index in [9.17, 15) is 9.59 Å². The van der Waals surface area contributed by atoms with Gasteiger partial charge >= 0.3 is 0 Å². The number of carbonyl (C=O) groups excluding carboxylic acids is 2. The molecule has 2 heterocycles. The molecule has 1 atom stereocenters. The van der Waals surface area contributed by atoms with E-state index in [2.05, 4.69) is 22.8 Å². The SMILES string of the molecule is CCC(C)NC(=O)CCc1c(-c2cccc(OC)c2)nc2ccc(-c3ccc(C(C)=O)cc3)cn12. The molecule has 2 aromatic heterocycles. The molecule has 0 saturated carbocycles. The van der Waals surface area contributed by atoms with Gasteiger partial charge in [0, 0.05) is 29.8 Å². The normalized spacial score (nSPS) is 11.9. The van der Waals surface area contributed by atoms with Crippen molar-refractivity contribution < 1.29 is 14.3 Å². The number of nitrogens with one attached hydrogen (secondary N) is 1. The van der Waals surface area contributed by atoms with Crippen molar-refractivity contribution in [2.24, 2.45) is 0 Å². The van der Waals surface area contributed by atoms with Gasteiger partial charge in [0.25, 0.3) is 0 Å². The van der Waals surface area contributed by atoms with Crippen molar-refractivity contribution in [2.45, 2.75) is 46.1 Å². The molecule has 4 aromatic rings. The Morgan fingerprint density at radius 2 is 1.77 bits per heavy atom. The topological polar surface area (TPSA) is 72.7 Å². The molecule has 1 N–H and O–H groups in total. The molecule has 0 fully saturated rings. The largest absolute Gasteiger partial charge is 0.497 e. The number of pyridine rings is 1. The maximum absolute atomic E-state index is 12.6. The monoisotopic (exact) mass is 469 g/mol. The summed E-state index contributed by atoms with van der Waals surface area (Å²) in [4.78, 5) is 29.2. The van der Waals surface area contributed by atoms with Gasteiger partial charge in [0.2, 0.25) is 5.91 Å². The van der Waals surface area contributed by atoms with Crippen molar-refractivity contribution in [1.82, 2.24) is 14.7 Å². The Kier molecular flexibility index (Phi) is 7.30. The van der Waals surface area contributed by atoms with Gasteiger partial charge in [-0.2, -0.15) is 0 Å². The fourth-order valence-electron chi connectivity index (χ4n) is 4.08. The van der Waals surface area contributed by atoms with Crippen LogP contribution in [0.2, 0.25) is 0 Å². The minimum Gasteiger partial charge on any atom is -0.497 e. The molecular weight excluding hydrogens is 438 g/mol. The van der Waals surface area contributed by atoms with Crippen molar-refractivity contribution in [1.29, 1.82) is 0 Å². The molecule has 6 heteroatoms. The number of hydrogen-bond acceptors (Lipinski definition) is 4. The van der Waals surface area contributed by atoms with Crippen LogP contribution in [0.5, 0.6) is 5.75 Å². The predicted octanol–water partition coefficient (Wildman–Crippen LogP) is 5.73. The van der Waals surface area contributed by atoms with Crippen LogP contribution in [0.15, 0.2) is 66.9 Å². The highest BCUT2D eigenvalue weighted by Crippen LogP contribution is 2.30. The summed E-state index contributed by atoms with van der Waals surface area (Å²) in [7, 11) is 1.65. The summed E-state index contributed by atoms with van der Waals surface area (Å²) in [5, 5.41) is 3.05.